The van der Waals surface area contributed by atoms with Crippen molar-refractivity contribution < 1.29 is 9.29 Å². The summed E-state index contributed by atoms with van der Waals surface area (Å²) in [6.45, 7) is 7.75. The molecule has 17 heavy (non-hydrogen) atoms. The maximum absolute atomic E-state index is 12.0. The summed E-state index contributed by atoms with van der Waals surface area (Å²) in [5.41, 5.74) is 0.910. The van der Waals surface area contributed by atoms with Crippen LogP contribution in [0, 0.1) is 0 Å². The van der Waals surface area contributed by atoms with Crippen molar-refractivity contribution in [3.8, 4) is 5.88 Å². The van der Waals surface area contributed by atoms with Crippen molar-refractivity contribution in [3.63, 3.8) is 0 Å². The van der Waals surface area contributed by atoms with E-state index in [2.05, 4.69) is 9.71 Å². The predicted octanol–water partition coefficient (Wildman–Crippen LogP) is 2.20. The lowest BCUT2D eigenvalue weighted by molar-refractivity contribution is 0.388. The van der Waals surface area contributed by atoms with Gasteiger partial charge in [0.1, 0.15) is 4.75 Å². The molecule has 0 aliphatic rings. The van der Waals surface area contributed by atoms with Crippen molar-refractivity contribution in [2.45, 2.75) is 38.5 Å². The van der Waals surface area contributed by atoms with Gasteiger partial charge in [-0.1, -0.05) is 6.07 Å². The number of aromatic nitrogens is 1. The van der Waals surface area contributed by atoms with Crippen LogP contribution >= 0.6 is 0 Å². The first kappa shape index (κ1) is 14.3. The van der Waals surface area contributed by atoms with Crippen LogP contribution in [0.15, 0.2) is 18.3 Å². The number of methoxy groups -OCH3 is 1. The second-order valence-corrected chi connectivity index (χ2v) is 6.82. The second-order valence-electron chi connectivity index (χ2n) is 4.82. The van der Waals surface area contributed by atoms with Crippen molar-refractivity contribution in [1.82, 2.24) is 9.71 Å². The van der Waals surface area contributed by atoms with Crippen LogP contribution < -0.4 is 9.46 Å². The van der Waals surface area contributed by atoms with Crippen LogP contribution in [-0.2, 0) is 11.4 Å². The minimum absolute atomic E-state index is 0.0706. The standard InChI is InChI=1S/C12H20N2O2S/c1-9(14-17(15)12(2,3)4)10-7-6-8-13-11(10)16-5/h6-9,14H,1-5H3/t9?,17-/m1/s1. The van der Waals surface area contributed by atoms with Crippen LogP contribution in [0.4, 0.5) is 0 Å². The fourth-order valence-electron chi connectivity index (χ4n) is 1.30. The van der Waals surface area contributed by atoms with Crippen molar-refractivity contribution in [3.05, 3.63) is 23.9 Å². The predicted molar refractivity (Wildman–Crippen MR) is 70.2 cm³/mol. The molecule has 0 aliphatic heterocycles. The Balaban J connectivity index is 2.79. The third-order valence-corrected chi connectivity index (χ3v) is 3.98. The van der Waals surface area contributed by atoms with Crippen LogP contribution in [0.3, 0.4) is 0 Å². The molecule has 1 aromatic heterocycles. The second kappa shape index (κ2) is 5.71. The fraction of sp³-hybridized carbons (Fsp3) is 0.583. The van der Waals surface area contributed by atoms with Gasteiger partial charge in [-0.25, -0.2) is 4.98 Å². The summed E-state index contributed by atoms with van der Waals surface area (Å²) in [7, 11) is 1.58. The quantitative estimate of drug-likeness (QED) is 0.839. The SMILES string of the molecule is COc1ncccc1C(C)N[S@+]([O-])C(C)(C)C. The third-order valence-electron chi connectivity index (χ3n) is 2.30. The summed E-state index contributed by atoms with van der Waals surface area (Å²) in [4.78, 5) is 4.13. The highest BCUT2D eigenvalue weighted by atomic mass is 32.2. The van der Waals surface area contributed by atoms with Gasteiger partial charge in [0.25, 0.3) is 0 Å². The van der Waals surface area contributed by atoms with Gasteiger partial charge < -0.3 is 9.29 Å². The number of ether oxygens (including phenoxy) is 1. The van der Waals surface area contributed by atoms with Crippen LogP contribution in [-0.4, -0.2) is 21.4 Å². The summed E-state index contributed by atoms with van der Waals surface area (Å²) in [6.07, 6.45) is 1.68. The van der Waals surface area contributed by atoms with Crippen molar-refractivity contribution >= 4 is 11.4 Å². The summed E-state index contributed by atoms with van der Waals surface area (Å²) in [6, 6.07) is 3.69. The Labute approximate surface area is 106 Å². The van der Waals surface area contributed by atoms with E-state index in [4.69, 9.17) is 4.74 Å². The molecule has 1 aromatic rings. The van der Waals surface area contributed by atoms with Crippen molar-refractivity contribution in [2.75, 3.05) is 7.11 Å². The van der Waals surface area contributed by atoms with E-state index in [0.717, 1.165) is 5.56 Å². The Bertz CT molecular complexity index is 366. The van der Waals surface area contributed by atoms with Gasteiger partial charge in [0.2, 0.25) is 5.88 Å². The smallest absolute Gasteiger partial charge is 0.217 e. The van der Waals surface area contributed by atoms with Gasteiger partial charge in [-0.05, 0) is 33.8 Å². The first-order chi connectivity index (χ1) is 7.86. The minimum Gasteiger partial charge on any atom is -0.598 e. The van der Waals surface area contributed by atoms with E-state index in [1.807, 2.05) is 39.8 Å². The number of nitrogens with one attached hydrogen (secondary N) is 1. The molecular weight excluding hydrogens is 236 g/mol. The van der Waals surface area contributed by atoms with E-state index in [1.165, 1.54) is 0 Å². The van der Waals surface area contributed by atoms with Crippen LogP contribution in [0.5, 0.6) is 5.88 Å². The summed E-state index contributed by atoms with van der Waals surface area (Å²) in [5.74, 6) is 0.568. The molecule has 0 bridgehead atoms. The molecule has 0 fully saturated rings. The lowest BCUT2D eigenvalue weighted by Crippen LogP contribution is -2.40. The van der Waals surface area contributed by atoms with Crippen LogP contribution in [0.1, 0.15) is 39.3 Å². The van der Waals surface area contributed by atoms with Gasteiger partial charge in [0.15, 0.2) is 0 Å². The third kappa shape index (κ3) is 3.87. The summed E-state index contributed by atoms with van der Waals surface area (Å²) >= 11 is -1.11. The minimum atomic E-state index is -1.11. The monoisotopic (exact) mass is 256 g/mol. The molecule has 0 saturated carbocycles. The van der Waals surface area contributed by atoms with E-state index in [-0.39, 0.29) is 10.8 Å². The fourth-order valence-corrected chi connectivity index (χ4v) is 2.11. The number of nitrogens with zero attached hydrogens (tertiary/aromatic N) is 1. The molecule has 0 radical (unpaired) electrons. The Morgan fingerprint density at radius 3 is 2.65 bits per heavy atom. The highest BCUT2D eigenvalue weighted by molar-refractivity contribution is 7.90. The average Bonchev–Trinajstić information content (AvgIpc) is 2.27. The summed E-state index contributed by atoms with van der Waals surface area (Å²) < 4.78 is 19.9. The van der Waals surface area contributed by atoms with Crippen LogP contribution in [0.25, 0.3) is 0 Å². The molecular formula is C12H20N2O2S. The molecule has 0 aromatic carbocycles. The Morgan fingerprint density at radius 1 is 1.47 bits per heavy atom. The Morgan fingerprint density at radius 2 is 2.12 bits per heavy atom. The number of rotatable bonds is 4. The number of hydrogen-bond acceptors (Lipinski definition) is 4. The zero-order chi connectivity index (χ0) is 13.1. The molecule has 1 N–H and O–H groups in total. The zero-order valence-corrected chi connectivity index (χ0v) is 11.8. The molecule has 2 atom stereocenters. The molecule has 1 unspecified atom stereocenters. The van der Waals surface area contributed by atoms with Crippen molar-refractivity contribution in [2.24, 2.45) is 0 Å². The molecule has 96 valence electrons. The first-order valence-corrected chi connectivity index (χ1v) is 6.68. The lowest BCUT2D eigenvalue weighted by Gasteiger charge is -2.26. The lowest BCUT2D eigenvalue weighted by atomic mass is 10.1. The topological polar surface area (TPSA) is 57.2 Å². The molecule has 4 nitrogen and oxygen atoms in total. The van der Waals surface area contributed by atoms with E-state index in [0.29, 0.717) is 5.88 Å². The first-order valence-electron chi connectivity index (χ1n) is 5.53. The van der Waals surface area contributed by atoms with Crippen LogP contribution in [0.2, 0.25) is 0 Å². The molecule has 1 heterocycles. The van der Waals surface area contributed by atoms with E-state index in [9.17, 15) is 4.55 Å². The maximum Gasteiger partial charge on any atom is 0.217 e. The maximum atomic E-state index is 12.0. The Hall–Kier alpha value is -0.780. The highest BCUT2D eigenvalue weighted by Crippen LogP contribution is 2.24. The van der Waals surface area contributed by atoms with Gasteiger partial charge in [-0.2, -0.15) is 0 Å². The largest absolute Gasteiger partial charge is 0.598 e. The Kier molecular flexibility index (Phi) is 4.80. The molecule has 1 rings (SSSR count). The van der Waals surface area contributed by atoms with E-state index >= 15 is 0 Å². The number of pyridine rings is 1. The highest BCUT2D eigenvalue weighted by Gasteiger charge is 2.29. The molecule has 5 heteroatoms. The molecule has 0 amide bonds. The zero-order valence-electron chi connectivity index (χ0n) is 11.0. The summed E-state index contributed by atoms with van der Waals surface area (Å²) in [5, 5.41) is 0. The van der Waals surface area contributed by atoms with Gasteiger partial charge >= 0.3 is 0 Å². The molecule has 0 saturated heterocycles. The van der Waals surface area contributed by atoms with E-state index in [1.54, 1.807) is 13.3 Å². The molecule has 0 aliphatic carbocycles. The number of hydrogen-bond donors (Lipinski definition) is 1. The molecule has 0 spiro atoms. The van der Waals surface area contributed by atoms with Gasteiger partial charge in [-0.15, -0.1) is 4.72 Å². The average molecular weight is 256 g/mol. The van der Waals surface area contributed by atoms with Gasteiger partial charge in [0.05, 0.1) is 13.2 Å². The van der Waals surface area contributed by atoms with Gasteiger partial charge in [0, 0.05) is 23.1 Å². The van der Waals surface area contributed by atoms with Gasteiger partial charge in [-0.3, -0.25) is 0 Å². The van der Waals surface area contributed by atoms with Crippen molar-refractivity contribution in [1.29, 1.82) is 0 Å². The van der Waals surface area contributed by atoms with E-state index < -0.39 is 11.4 Å². The normalized spacial score (nSPS) is 15.4.